The molecular formula is C19H34F2N6O2. The zero-order valence-corrected chi connectivity index (χ0v) is 17.4. The molecule has 3 rings (SSSR count). The van der Waals surface area contributed by atoms with Gasteiger partial charge in [-0.25, -0.2) is 19.7 Å². The monoisotopic (exact) mass is 416 g/mol. The van der Waals surface area contributed by atoms with Gasteiger partial charge < -0.3 is 5.32 Å². The number of hydroxylamine groups is 1. The highest BCUT2D eigenvalue weighted by Gasteiger charge is 2.38. The summed E-state index contributed by atoms with van der Waals surface area (Å²) in [4.78, 5) is 22.4. The highest BCUT2D eigenvalue weighted by Crippen LogP contribution is 2.33. The third-order valence-electron chi connectivity index (χ3n) is 5.77. The van der Waals surface area contributed by atoms with Gasteiger partial charge in [-0.3, -0.25) is 25.4 Å². The van der Waals surface area contributed by atoms with Gasteiger partial charge in [-0.2, -0.15) is 0 Å². The summed E-state index contributed by atoms with van der Waals surface area (Å²) >= 11 is 0. The van der Waals surface area contributed by atoms with Crippen LogP contribution in [0.15, 0.2) is 4.99 Å². The predicted molar refractivity (Wildman–Crippen MR) is 106 cm³/mol. The summed E-state index contributed by atoms with van der Waals surface area (Å²) in [6, 6.07) is -0.0289. The van der Waals surface area contributed by atoms with Crippen LogP contribution in [0.3, 0.4) is 0 Å². The average Bonchev–Trinajstić information content (AvgIpc) is 3.27. The van der Waals surface area contributed by atoms with Gasteiger partial charge in [-0.05, 0) is 38.0 Å². The molecule has 0 radical (unpaired) electrons. The first-order valence-corrected chi connectivity index (χ1v) is 10.6. The first-order chi connectivity index (χ1) is 13.8. The van der Waals surface area contributed by atoms with Crippen LogP contribution in [-0.2, 0) is 9.63 Å². The first-order valence-electron chi connectivity index (χ1n) is 10.6. The van der Waals surface area contributed by atoms with Crippen LogP contribution in [0.4, 0.5) is 8.78 Å². The summed E-state index contributed by atoms with van der Waals surface area (Å²) < 4.78 is 27.5. The molecule has 0 aromatic rings. The van der Waals surface area contributed by atoms with Crippen molar-refractivity contribution in [3.05, 3.63) is 0 Å². The second kappa shape index (κ2) is 10.1. The Bertz CT molecular complexity index is 583. The van der Waals surface area contributed by atoms with E-state index < -0.39 is 12.3 Å². The summed E-state index contributed by atoms with van der Waals surface area (Å²) in [6.45, 7) is 6.96. The van der Waals surface area contributed by atoms with E-state index in [1.54, 1.807) is 0 Å². The first kappa shape index (κ1) is 22.3. The molecule has 0 spiro atoms. The van der Waals surface area contributed by atoms with Gasteiger partial charge in [0.05, 0.1) is 18.2 Å². The fourth-order valence-electron chi connectivity index (χ4n) is 4.13. The molecule has 2 aliphatic heterocycles. The second-order valence-electron chi connectivity index (χ2n) is 8.84. The van der Waals surface area contributed by atoms with Crippen molar-refractivity contribution in [2.45, 2.75) is 77.1 Å². The Morgan fingerprint density at radius 1 is 1.17 bits per heavy atom. The molecule has 6 unspecified atom stereocenters. The Balaban J connectivity index is 1.56. The summed E-state index contributed by atoms with van der Waals surface area (Å²) in [7, 11) is 0. The van der Waals surface area contributed by atoms with Gasteiger partial charge >= 0.3 is 0 Å². The van der Waals surface area contributed by atoms with E-state index in [0.717, 1.165) is 0 Å². The van der Waals surface area contributed by atoms with E-state index in [9.17, 15) is 13.6 Å². The van der Waals surface area contributed by atoms with E-state index in [4.69, 9.17) is 4.84 Å². The number of halogens is 2. The Morgan fingerprint density at radius 3 is 2.52 bits per heavy atom. The molecule has 0 aromatic heterocycles. The fraction of sp³-hybridized carbons (Fsp3) is 0.895. The quantitative estimate of drug-likeness (QED) is 0.338. The molecule has 2 heterocycles. The van der Waals surface area contributed by atoms with Crippen LogP contribution in [0.2, 0.25) is 0 Å². The van der Waals surface area contributed by atoms with Gasteiger partial charge in [0.25, 0.3) is 0 Å². The minimum Gasteiger partial charge on any atom is -0.339 e. The van der Waals surface area contributed by atoms with Gasteiger partial charge in [0, 0.05) is 25.6 Å². The van der Waals surface area contributed by atoms with Crippen LogP contribution in [-0.4, -0.2) is 55.6 Å². The number of nitrogens with one attached hydrogen (secondary N) is 5. The van der Waals surface area contributed by atoms with E-state index in [0.29, 0.717) is 44.2 Å². The number of rotatable bonds is 5. The molecule has 6 atom stereocenters. The Labute approximate surface area is 170 Å². The fourth-order valence-corrected chi connectivity index (χ4v) is 4.13. The van der Waals surface area contributed by atoms with Gasteiger partial charge in [-0.1, -0.05) is 13.8 Å². The minimum absolute atomic E-state index is 0.00846. The molecule has 1 saturated carbocycles. The van der Waals surface area contributed by atoms with Crippen molar-refractivity contribution in [3.63, 3.8) is 0 Å². The van der Waals surface area contributed by atoms with Crippen LogP contribution in [0.25, 0.3) is 0 Å². The molecular weight excluding hydrogens is 382 g/mol. The molecule has 2 saturated heterocycles. The average molecular weight is 417 g/mol. The number of aliphatic imine (C=N–C) groups is 1. The van der Waals surface area contributed by atoms with Crippen molar-refractivity contribution in [2.75, 3.05) is 13.1 Å². The molecule has 8 nitrogen and oxygen atoms in total. The molecule has 0 bridgehead atoms. The van der Waals surface area contributed by atoms with Crippen LogP contribution < -0.4 is 27.0 Å². The number of amides is 1. The minimum atomic E-state index is -1.08. The van der Waals surface area contributed by atoms with E-state index in [1.165, 1.54) is 0 Å². The standard InChI is InChI=1S/C19H34F2N6O2/c1-10(2)8-22-19(25-18(28)15-9-23-29-11(15)3)24-17-7-16(26-27-17)12-4-13(20)6-14(21)5-12/h10-17,23,26-27H,4-9H2,1-3H3,(H2,22,24,25,28). The maximum atomic E-state index is 13.8. The third kappa shape index (κ3) is 6.31. The topological polar surface area (TPSA) is 98.8 Å². The van der Waals surface area contributed by atoms with E-state index in [-0.39, 0.29) is 42.5 Å². The lowest BCUT2D eigenvalue weighted by molar-refractivity contribution is -0.124. The smallest absolute Gasteiger partial charge is 0.233 e. The van der Waals surface area contributed by atoms with Crippen LogP contribution in [0.1, 0.15) is 46.5 Å². The molecule has 5 N–H and O–H groups in total. The van der Waals surface area contributed by atoms with Crippen molar-refractivity contribution in [2.24, 2.45) is 22.7 Å². The van der Waals surface area contributed by atoms with Crippen molar-refractivity contribution in [1.29, 1.82) is 0 Å². The van der Waals surface area contributed by atoms with Crippen molar-refractivity contribution >= 4 is 11.9 Å². The molecule has 29 heavy (non-hydrogen) atoms. The van der Waals surface area contributed by atoms with Crippen molar-refractivity contribution < 1.29 is 18.4 Å². The molecule has 1 amide bonds. The lowest BCUT2D eigenvalue weighted by atomic mass is 9.81. The van der Waals surface area contributed by atoms with Crippen molar-refractivity contribution in [3.8, 4) is 0 Å². The SMILES string of the molecule is CC(C)CN=C(NC(=O)C1CNOC1C)NC1CC(C2CC(F)CC(F)C2)NN1. The van der Waals surface area contributed by atoms with Gasteiger partial charge in [-0.15, -0.1) is 0 Å². The number of carbonyl (C=O) groups is 1. The number of nitrogens with zero attached hydrogens (tertiary/aromatic N) is 1. The molecule has 166 valence electrons. The van der Waals surface area contributed by atoms with Gasteiger partial charge in [0.2, 0.25) is 5.91 Å². The van der Waals surface area contributed by atoms with E-state index >= 15 is 0 Å². The zero-order chi connectivity index (χ0) is 21.0. The van der Waals surface area contributed by atoms with Crippen LogP contribution >= 0.6 is 0 Å². The Morgan fingerprint density at radius 2 is 1.90 bits per heavy atom. The van der Waals surface area contributed by atoms with Gasteiger partial charge in [0.1, 0.15) is 12.3 Å². The molecule has 3 aliphatic rings. The highest BCUT2D eigenvalue weighted by atomic mass is 19.1. The predicted octanol–water partition coefficient (Wildman–Crippen LogP) is 0.913. The Kier molecular flexibility index (Phi) is 7.78. The molecule has 3 fully saturated rings. The number of hydrazine groups is 1. The number of alkyl halides is 2. The summed E-state index contributed by atoms with van der Waals surface area (Å²) in [6.07, 6.45) is -1.16. The number of hydrogen-bond acceptors (Lipinski definition) is 6. The molecule has 1 aliphatic carbocycles. The lowest BCUT2D eigenvalue weighted by Crippen LogP contribution is -2.52. The van der Waals surface area contributed by atoms with E-state index in [1.807, 2.05) is 6.92 Å². The summed E-state index contributed by atoms with van der Waals surface area (Å²) in [5.41, 5.74) is 9.03. The van der Waals surface area contributed by atoms with Crippen LogP contribution in [0.5, 0.6) is 0 Å². The van der Waals surface area contributed by atoms with Crippen LogP contribution in [0, 0.1) is 17.8 Å². The maximum Gasteiger partial charge on any atom is 0.233 e. The third-order valence-corrected chi connectivity index (χ3v) is 5.77. The number of carbonyl (C=O) groups excluding carboxylic acids is 1. The largest absolute Gasteiger partial charge is 0.339 e. The van der Waals surface area contributed by atoms with E-state index in [2.05, 4.69) is 45.8 Å². The van der Waals surface area contributed by atoms with Crippen molar-refractivity contribution in [1.82, 2.24) is 27.0 Å². The van der Waals surface area contributed by atoms with Gasteiger partial charge in [0.15, 0.2) is 5.96 Å². The Hall–Kier alpha value is -1.36. The molecule has 0 aromatic carbocycles. The normalized spacial score (nSPS) is 38.4. The second-order valence-corrected chi connectivity index (χ2v) is 8.84. The summed E-state index contributed by atoms with van der Waals surface area (Å²) in [5.74, 6) is 0.229. The molecule has 10 heteroatoms. The number of hydrogen-bond donors (Lipinski definition) is 5. The lowest BCUT2D eigenvalue weighted by Gasteiger charge is -2.31. The zero-order valence-electron chi connectivity index (χ0n) is 17.4. The number of guanidine groups is 1. The summed E-state index contributed by atoms with van der Waals surface area (Å²) in [5, 5.41) is 6.10. The highest BCUT2D eigenvalue weighted by molar-refractivity contribution is 5.98. The maximum absolute atomic E-state index is 13.8.